The second-order valence-electron chi connectivity index (χ2n) is 6.13. The molecule has 0 aromatic carbocycles. The van der Waals surface area contributed by atoms with Crippen LogP contribution in [0.4, 0.5) is 0 Å². The third-order valence-electron chi connectivity index (χ3n) is 4.44. The lowest BCUT2D eigenvalue weighted by atomic mass is 9.96. The van der Waals surface area contributed by atoms with Crippen molar-refractivity contribution in [3.8, 4) is 0 Å². The number of pyridine rings is 1. The van der Waals surface area contributed by atoms with Crippen LogP contribution in [0.25, 0.3) is 0 Å². The van der Waals surface area contributed by atoms with Gasteiger partial charge in [0.25, 0.3) is 0 Å². The van der Waals surface area contributed by atoms with Crippen LogP contribution in [0.5, 0.6) is 0 Å². The van der Waals surface area contributed by atoms with E-state index < -0.39 is 0 Å². The number of hydrogen-bond acceptors (Lipinski definition) is 4. The Bertz CT molecular complexity index is 668. The molecule has 0 fully saturated rings. The Morgan fingerprint density at radius 1 is 1.43 bits per heavy atom. The zero-order chi connectivity index (χ0) is 16.2. The first kappa shape index (κ1) is 16.1. The van der Waals surface area contributed by atoms with E-state index in [1.54, 1.807) is 17.5 Å². The highest BCUT2D eigenvalue weighted by Crippen LogP contribution is 2.37. The van der Waals surface area contributed by atoms with Crippen LogP contribution >= 0.6 is 11.3 Å². The van der Waals surface area contributed by atoms with Crippen LogP contribution in [0.3, 0.4) is 0 Å². The third-order valence-corrected chi connectivity index (χ3v) is 5.55. The zero-order valence-electron chi connectivity index (χ0n) is 13.8. The molecule has 1 amide bonds. The summed E-state index contributed by atoms with van der Waals surface area (Å²) >= 11 is 1.75. The van der Waals surface area contributed by atoms with Crippen molar-refractivity contribution < 1.29 is 4.79 Å². The SMILES string of the molecule is Cc1nc2c(s1)C(N(C)C(=O)CCCc1ccccn1)CCC2. The van der Waals surface area contributed by atoms with Gasteiger partial charge in [0.15, 0.2) is 0 Å². The molecular weight excluding hydrogens is 306 g/mol. The highest BCUT2D eigenvalue weighted by atomic mass is 32.1. The molecule has 2 aromatic rings. The van der Waals surface area contributed by atoms with Crippen LogP contribution in [0.2, 0.25) is 0 Å². The van der Waals surface area contributed by atoms with Gasteiger partial charge in [0, 0.05) is 25.4 Å². The Balaban J connectivity index is 1.57. The summed E-state index contributed by atoms with van der Waals surface area (Å²) in [6.45, 7) is 2.05. The lowest BCUT2D eigenvalue weighted by Gasteiger charge is -2.30. The van der Waals surface area contributed by atoms with Gasteiger partial charge in [-0.15, -0.1) is 11.3 Å². The van der Waals surface area contributed by atoms with E-state index in [0.717, 1.165) is 42.8 Å². The van der Waals surface area contributed by atoms with Crippen molar-refractivity contribution in [1.82, 2.24) is 14.9 Å². The maximum atomic E-state index is 12.5. The van der Waals surface area contributed by atoms with Gasteiger partial charge < -0.3 is 4.90 Å². The molecule has 122 valence electrons. The molecule has 0 bridgehead atoms. The first-order valence-corrected chi connectivity index (χ1v) is 9.08. The Labute approximate surface area is 141 Å². The van der Waals surface area contributed by atoms with E-state index in [-0.39, 0.29) is 11.9 Å². The lowest BCUT2D eigenvalue weighted by molar-refractivity contribution is -0.132. The van der Waals surface area contributed by atoms with E-state index in [4.69, 9.17) is 0 Å². The second-order valence-corrected chi connectivity index (χ2v) is 7.37. The monoisotopic (exact) mass is 329 g/mol. The van der Waals surface area contributed by atoms with E-state index in [1.165, 1.54) is 10.6 Å². The van der Waals surface area contributed by atoms with Gasteiger partial charge in [0.2, 0.25) is 5.91 Å². The summed E-state index contributed by atoms with van der Waals surface area (Å²) in [6, 6.07) is 6.14. The molecule has 1 atom stereocenters. The number of hydrogen-bond donors (Lipinski definition) is 0. The van der Waals surface area contributed by atoms with Crippen LogP contribution in [-0.4, -0.2) is 27.8 Å². The van der Waals surface area contributed by atoms with Crippen LogP contribution in [-0.2, 0) is 17.6 Å². The molecule has 5 heteroatoms. The van der Waals surface area contributed by atoms with Gasteiger partial charge in [0.05, 0.1) is 21.6 Å². The zero-order valence-corrected chi connectivity index (χ0v) is 14.6. The summed E-state index contributed by atoms with van der Waals surface area (Å²) in [6.07, 6.45) is 7.31. The Hall–Kier alpha value is -1.75. The Kier molecular flexibility index (Phi) is 5.06. The normalized spacial score (nSPS) is 16.9. The van der Waals surface area contributed by atoms with Gasteiger partial charge in [-0.05, 0) is 51.2 Å². The molecule has 0 N–H and O–H groups in total. The number of thiazole rings is 1. The number of fused-ring (bicyclic) bond motifs is 1. The second kappa shape index (κ2) is 7.21. The van der Waals surface area contributed by atoms with E-state index in [2.05, 4.69) is 16.9 Å². The first-order valence-electron chi connectivity index (χ1n) is 8.27. The molecule has 1 aliphatic carbocycles. The molecule has 2 aromatic heterocycles. The number of aromatic nitrogens is 2. The van der Waals surface area contributed by atoms with E-state index in [1.807, 2.05) is 30.1 Å². The van der Waals surface area contributed by atoms with E-state index in [9.17, 15) is 4.79 Å². The number of carbonyl (C=O) groups is 1. The molecule has 0 spiro atoms. The van der Waals surface area contributed by atoms with Gasteiger partial charge in [-0.25, -0.2) is 4.98 Å². The molecule has 1 unspecified atom stereocenters. The third kappa shape index (κ3) is 3.78. The molecule has 3 rings (SSSR count). The Morgan fingerprint density at radius 3 is 3.09 bits per heavy atom. The number of aryl methyl sites for hydroxylation is 3. The van der Waals surface area contributed by atoms with E-state index in [0.29, 0.717) is 6.42 Å². The predicted octanol–water partition coefficient (Wildman–Crippen LogP) is 3.71. The van der Waals surface area contributed by atoms with Gasteiger partial charge in [0.1, 0.15) is 0 Å². The van der Waals surface area contributed by atoms with Crippen molar-refractivity contribution in [2.24, 2.45) is 0 Å². The summed E-state index contributed by atoms with van der Waals surface area (Å²) < 4.78 is 0. The summed E-state index contributed by atoms with van der Waals surface area (Å²) in [5, 5.41) is 1.11. The molecule has 4 nitrogen and oxygen atoms in total. The van der Waals surface area contributed by atoms with Gasteiger partial charge in [-0.1, -0.05) is 6.07 Å². The molecule has 2 heterocycles. The fraction of sp³-hybridized carbons (Fsp3) is 0.500. The molecular formula is C18H23N3OS. The average Bonchev–Trinajstić information content (AvgIpc) is 2.95. The number of rotatable bonds is 5. The predicted molar refractivity (Wildman–Crippen MR) is 92.5 cm³/mol. The number of carbonyl (C=O) groups excluding carboxylic acids is 1. The van der Waals surface area contributed by atoms with Crippen molar-refractivity contribution in [2.75, 3.05) is 7.05 Å². The van der Waals surface area contributed by atoms with Crippen LogP contribution in [0, 0.1) is 6.92 Å². The smallest absolute Gasteiger partial charge is 0.222 e. The summed E-state index contributed by atoms with van der Waals surface area (Å²) in [4.78, 5) is 24.7. The molecule has 0 saturated carbocycles. The summed E-state index contributed by atoms with van der Waals surface area (Å²) in [5.41, 5.74) is 2.26. The van der Waals surface area contributed by atoms with Crippen molar-refractivity contribution in [2.45, 2.75) is 51.5 Å². The van der Waals surface area contributed by atoms with Gasteiger partial charge in [-0.3, -0.25) is 9.78 Å². The van der Waals surface area contributed by atoms with Crippen molar-refractivity contribution >= 4 is 17.2 Å². The minimum Gasteiger partial charge on any atom is -0.338 e. The highest BCUT2D eigenvalue weighted by molar-refractivity contribution is 7.11. The van der Waals surface area contributed by atoms with Gasteiger partial charge >= 0.3 is 0 Å². The maximum Gasteiger partial charge on any atom is 0.222 e. The molecule has 0 saturated heterocycles. The lowest BCUT2D eigenvalue weighted by Crippen LogP contribution is -2.32. The Morgan fingerprint density at radius 2 is 2.30 bits per heavy atom. The van der Waals surface area contributed by atoms with E-state index >= 15 is 0 Å². The largest absolute Gasteiger partial charge is 0.338 e. The van der Waals surface area contributed by atoms with Crippen molar-refractivity contribution in [3.63, 3.8) is 0 Å². The standard InChI is InChI=1S/C18H23N3OS/c1-13-20-15-9-6-10-16(18(15)23-13)21(2)17(22)11-5-8-14-7-3-4-12-19-14/h3-4,7,12,16H,5-6,8-11H2,1-2H3. The van der Waals surface area contributed by atoms with Crippen molar-refractivity contribution in [1.29, 1.82) is 0 Å². The quantitative estimate of drug-likeness (QED) is 0.840. The molecule has 0 aliphatic heterocycles. The van der Waals surface area contributed by atoms with Gasteiger partial charge in [-0.2, -0.15) is 0 Å². The van der Waals surface area contributed by atoms with Crippen LogP contribution in [0.1, 0.15) is 53.0 Å². The molecule has 23 heavy (non-hydrogen) atoms. The summed E-state index contributed by atoms with van der Waals surface area (Å²) in [7, 11) is 1.94. The first-order chi connectivity index (χ1) is 11.1. The number of amides is 1. The van der Waals surface area contributed by atoms with Crippen LogP contribution in [0.15, 0.2) is 24.4 Å². The summed E-state index contributed by atoms with van der Waals surface area (Å²) in [5.74, 6) is 0.227. The molecule has 1 aliphatic rings. The maximum absolute atomic E-state index is 12.5. The van der Waals surface area contributed by atoms with Crippen molar-refractivity contribution in [3.05, 3.63) is 45.7 Å². The number of nitrogens with zero attached hydrogens (tertiary/aromatic N) is 3. The topological polar surface area (TPSA) is 46.1 Å². The fourth-order valence-electron chi connectivity index (χ4n) is 3.21. The molecule has 0 radical (unpaired) electrons. The fourth-order valence-corrected chi connectivity index (χ4v) is 4.36. The van der Waals surface area contributed by atoms with Crippen LogP contribution < -0.4 is 0 Å². The highest BCUT2D eigenvalue weighted by Gasteiger charge is 2.29. The minimum atomic E-state index is 0.215. The average molecular weight is 329 g/mol. The minimum absolute atomic E-state index is 0.215.